The lowest BCUT2D eigenvalue weighted by atomic mass is 10.1. The van der Waals surface area contributed by atoms with Crippen LogP contribution in [0.2, 0.25) is 10.0 Å². The highest BCUT2D eigenvalue weighted by molar-refractivity contribution is 6.35. The molecular formula is C52H38Cl2F2N8O5. The molecule has 10 aromatic rings. The van der Waals surface area contributed by atoms with E-state index in [-0.39, 0.29) is 34.4 Å². The van der Waals surface area contributed by atoms with Crippen LogP contribution in [-0.2, 0) is 0 Å². The molecule has 0 aliphatic carbocycles. The minimum absolute atomic E-state index is 0.137. The Morgan fingerprint density at radius 3 is 1.52 bits per heavy atom. The van der Waals surface area contributed by atoms with Crippen molar-refractivity contribution < 1.29 is 23.5 Å². The molecule has 6 heterocycles. The van der Waals surface area contributed by atoms with Crippen LogP contribution in [0, 0.1) is 11.6 Å². The van der Waals surface area contributed by atoms with Crippen molar-refractivity contribution >= 4 is 78.4 Å². The van der Waals surface area contributed by atoms with E-state index in [2.05, 4.69) is 25.3 Å². The second-order valence-electron chi connectivity index (χ2n) is 15.6. The molecule has 344 valence electrons. The first kappa shape index (κ1) is 47.3. The van der Waals surface area contributed by atoms with Gasteiger partial charge in [-0.15, -0.1) is 0 Å². The Labute approximate surface area is 401 Å². The Morgan fingerprint density at radius 1 is 0.609 bits per heavy atom. The minimum atomic E-state index is -1.00. The molecule has 2 atom stereocenters. The van der Waals surface area contributed by atoms with Crippen LogP contribution in [0.3, 0.4) is 0 Å². The number of aromatic nitrogens is 6. The molecule has 0 radical (unpaired) electrons. The number of aromatic carboxylic acids is 1. The molecule has 0 saturated carbocycles. The summed E-state index contributed by atoms with van der Waals surface area (Å²) < 4.78 is 29.7. The Balaban J connectivity index is 0.000000156. The average molecular weight is 964 g/mol. The molecule has 10 rings (SSSR count). The van der Waals surface area contributed by atoms with Crippen molar-refractivity contribution in [1.29, 1.82) is 0 Å². The Kier molecular flexibility index (Phi) is 13.9. The maximum Gasteiger partial charge on any atom is 0.339 e. The van der Waals surface area contributed by atoms with E-state index in [1.165, 1.54) is 57.9 Å². The van der Waals surface area contributed by atoms with Gasteiger partial charge in [0, 0.05) is 76.8 Å². The molecular weight excluding hydrogens is 926 g/mol. The lowest BCUT2D eigenvalue weighted by molar-refractivity contribution is 0.0698. The highest BCUT2D eigenvalue weighted by Crippen LogP contribution is 2.28. The summed E-state index contributed by atoms with van der Waals surface area (Å²) >= 11 is 12.5. The number of carbonyl (C=O) groups is 2. The van der Waals surface area contributed by atoms with Gasteiger partial charge in [-0.3, -0.25) is 43.5 Å². The minimum Gasteiger partial charge on any atom is -0.478 e. The summed E-state index contributed by atoms with van der Waals surface area (Å²) in [7, 11) is 0. The second kappa shape index (κ2) is 20.3. The van der Waals surface area contributed by atoms with E-state index >= 15 is 0 Å². The van der Waals surface area contributed by atoms with Crippen LogP contribution in [0.15, 0.2) is 168 Å². The third-order valence-electron chi connectivity index (χ3n) is 11.0. The monoisotopic (exact) mass is 962 g/mol. The van der Waals surface area contributed by atoms with Crippen molar-refractivity contribution in [1.82, 2.24) is 34.4 Å². The standard InChI is InChI=1S/C26H18ClFN4O2.C17H14ClFN2O.C9H6N2O2/c1-15(31-25(33)20-14-29-13-17-5-3-11-30-24(17)20)22-12-16-4-2-6-21(27)23(16)26(34)32(22)19-9-7-18(28)8-10-19;1-10(20)15-9-11-3-2-4-14(18)16(11)17(22)21(15)13-7-5-12(19)6-8-13;12-9(13)7-5-10-4-6-2-1-3-11-8(6)7/h2-15H,1H3,(H,31,33);2-10H,20H2,1H3;1-5H,(H,12,13)/t15-;10-;/m00./s1. The normalized spacial score (nSPS) is 11.9. The Hall–Kier alpha value is -8.24. The largest absolute Gasteiger partial charge is 0.478 e. The van der Waals surface area contributed by atoms with Gasteiger partial charge in [0.1, 0.15) is 17.2 Å². The van der Waals surface area contributed by atoms with Crippen molar-refractivity contribution in [3.63, 3.8) is 0 Å². The van der Waals surface area contributed by atoms with Crippen LogP contribution in [0.1, 0.15) is 58.0 Å². The molecule has 0 aliphatic heterocycles. The van der Waals surface area contributed by atoms with Crippen LogP contribution in [0.5, 0.6) is 0 Å². The van der Waals surface area contributed by atoms with Crippen molar-refractivity contribution in [2.45, 2.75) is 25.9 Å². The number of hydrogen-bond donors (Lipinski definition) is 3. The van der Waals surface area contributed by atoms with Crippen LogP contribution in [0.4, 0.5) is 8.78 Å². The van der Waals surface area contributed by atoms with E-state index in [1.807, 2.05) is 18.2 Å². The number of hydrogen-bond acceptors (Lipinski definition) is 9. The van der Waals surface area contributed by atoms with Crippen LogP contribution in [0.25, 0.3) is 54.7 Å². The third kappa shape index (κ3) is 9.92. The number of pyridine rings is 6. The van der Waals surface area contributed by atoms with Crippen molar-refractivity contribution in [2.24, 2.45) is 5.73 Å². The van der Waals surface area contributed by atoms with Gasteiger partial charge in [0.2, 0.25) is 0 Å². The number of nitrogens with one attached hydrogen (secondary N) is 1. The summed E-state index contributed by atoms with van der Waals surface area (Å²) in [6.07, 6.45) is 9.18. The summed E-state index contributed by atoms with van der Waals surface area (Å²) in [6, 6.07) is 31.6. The number of carboxylic acid groups (broad SMARTS) is 1. The molecule has 0 spiro atoms. The Bertz CT molecular complexity index is 3690. The molecule has 6 aromatic heterocycles. The van der Waals surface area contributed by atoms with Crippen molar-refractivity contribution in [3.05, 3.63) is 223 Å². The van der Waals surface area contributed by atoms with Gasteiger partial charge in [-0.05, 0) is 122 Å². The molecule has 0 fully saturated rings. The maximum absolute atomic E-state index is 13.6. The van der Waals surface area contributed by atoms with E-state index in [9.17, 15) is 28.0 Å². The summed E-state index contributed by atoms with van der Waals surface area (Å²) in [5.41, 5.74) is 9.03. The zero-order valence-electron chi connectivity index (χ0n) is 36.5. The van der Waals surface area contributed by atoms with Crippen LogP contribution < -0.4 is 22.2 Å². The second-order valence-corrected chi connectivity index (χ2v) is 16.4. The van der Waals surface area contributed by atoms with Gasteiger partial charge >= 0.3 is 5.97 Å². The molecule has 4 N–H and O–H groups in total. The van der Waals surface area contributed by atoms with E-state index < -0.39 is 17.8 Å². The quantitative estimate of drug-likeness (QED) is 0.139. The van der Waals surface area contributed by atoms with Gasteiger partial charge in [0.25, 0.3) is 17.0 Å². The number of nitrogens with zero attached hydrogens (tertiary/aromatic N) is 6. The summed E-state index contributed by atoms with van der Waals surface area (Å²) in [4.78, 5) is 66.6. The fourth-order valence-corrected chi connectivity index (χ4v) is 8.24. The molecule has 0 unspecified atom stereocenters. The smallest absolute Gasteiger partial charge is 0.339 e. The molecule has 0 bridgehead atoms. The van der Waals surface area contributed by atoms with E-state index in [0.717, 1.165) is 16.2 Å². The summed E-state index contributed by atoms with van der Waals surface area (Å²) in [6.45, 7) is 3.57. The van der Waals surface area contributed by atoms with Crippen LogP contribution in [-0.4, -0.2) is 46.1 Å². The highest BCUT2D eigenvalue weighted by Gasteiger charge is 2.22. The molecule has 69 heavy (non-hydrogen) atoms. The summed E-state index contributed by atoms with van der Waals surface area (Å²) in [5.74, 6) is -2.17. The molecule has 17 heteroatoms. The van der Waals surface area contributed by atoms with Crippen molar-refractivity contribution in [2.75, 3.05) is 0 Å². The van der Waals surface area contributed by atoms with E-state index in [1.54, 1.807) is 105 Å². The van der Waals surface area contributed by atoms with E-state index in [0.29, 0.717) is 65.6 Å². The van der Waals surface area contributed by atoms with Gasteiger partial charge in [-0.1, -0.05) is 47.5 Å². The molecule has 0 aliphatic rings. The zero-order chi connectivity index (χ0) is 48.9. The fraction of sp³-hybridized carbons (Fsp3) is 0.0769. The molecule has 13 nitrogen and oxygen atoms in total. The number of nitrogens with two attached hydrogens (primary N) is 1. The fourth-order valence-electron chi connectivity index (χ4n) is 7.72. The number of carboxylic acids is 1. The van der Waals surface area contributed by atoms with Gasteiger partial charge in [0.05, 0.1) is 43.5 Å². The lowest BCUT2D eigenvalue weighted by Crippen LogP contribution is -2.32. The Morgan fingerprint density at radius 2 is 1.04 bits per heavy atom. The number of halogens is 4. The maximum atomic E-state index is 13.6. The predicted molar refractivity (Wildman–Crippen MR) is 264 cm³/mol. The first-order chi connectivity index (χ1) is 33.2. The summed E-state index contributed by atoms with van der Waals surface area (Å²) in [5, 5.41) is 16.1. The van der Waals surface area contributed by atoms with Gasteiger partial charge in [-0.2, -0.15) is 0 Å². The van der Waals surface area contributed by atoms with E-state index in [4.69, 9.17) is 34.0 Å². The number of rotatable bonds is 7. The average Bonchev–Trinajstić information content (AvgIpc) is 3.34. The lowest BCUT2D eigenvalue weighted by Gasteiger charge is -2.21. The molecule has 1 amide bonds. The van der Waals surface area contributed by atoms with Crippen LogP contribution >= 0.6 is 23.2 Å². The number of fused-ring (bicyclic) bond motifs is 4. The van der Waals surface area contributed by atoms with Gasteiger partial charge < -0.3 is 16.2 Å². The molecule has 4 aromatic carbocycles. The number of benzene rings is 4. The SMILES string of the molecule is C[C@H](N)c1cc2cccc(Cl)c2c(=O)n1-c1ccc(F)cc1.C[C@H](NC(=O)c1cncc2cccnc12)c1cc2cccc(Cl)c2c(=O)n1-c1ccc(F)cc1.O=C(O)c1cncc2cccnc12. The zero-order valence-corrected chi connectivity index (χ0v) is 38.0. The van der Waals surface area contributed by atoms with Crippen molar-refractivity contribution in [3.8, 4) is 11.4 Å². The van der Waals surface area contributed by atoms with Gasteiger partial charge in [0.15, 0.2) is 0 Å². The number of amides is 1. The number of carbonyl (C=O) groups excluding carboxylic acids is 1. The first-order valence-corrected chi connectivity index (χ1v) is 21.8. The third-order valence-corrected chi connectivity index (χ3v) is 11.6. The first-order valence-electron chi connectivity index (χ1n) is 21.1. The molecule has 0 saturated heterocycles. The van der Waals surface area contributed by atoms with Gasteiger partial charge in [-0.25, -0.2) is 13.6 Å². The predicted octanol–water partition coefficient (Wildman–Crippen LogP) is 10.3. The topological polar surface area (TPSA) is 188 Å². The highest BCUT2D eigenvalue weighted by atomic mass is 35.5.